The number of nitrogens with zero attached hydrogens (tertiary/aromatic N) is 3. The lowest BCUT2D eigenvalue weighted by Crippen LogP contribution is -2.48. The van der Waals surface area contributed by atoms with Gasteiger partial charge in [0.1, 0.15) is 0 Å². The molecule has 1 amide bonds. The lowest BCUT2D eigenvalue weighted by molar-refractivity contribution is -0.0384. The van der Waals surface area contributed by atoms with Gasteiger partial charge in [-0.1, -0.05) is 66.2 Å². The van der Waals surface area contributed by atoms with Gasteiger partial charge in [-0.2, -0.15) is 13.2 Å². The molecule has 8 nitrogen and oxygen atoms in total. The largest absolute Gasteiger partial charge is 0.475 e. The van der Waals surface area contributed by atoms with Crippen LogP contribution >= 0.6 is 35.3 Å². The van der Waals surface area contributed by atoms with Crippen molar-refractivity contribution in [3.05, 3.63) is 137 Å². The molecule has 5 aromatic rings. The van der Waals surface area contributed by atoms with Gasteiger partial charge in [-0.05, 0) is 127 Å². The van der Waals surface area contributed by atoms with E-state index in [1.807, 2.05) is 54.6 Å². The quantitative estimate of drug-likeness (QED) is 0.0587. The highest BCUT2D eigenvalue weighted by Gasteiger charge is 2.39. The van der Waals surface area contributed by atoms with Crippen LogP contribution in [0.2, 0.25) is 5.02 Å². The number of alkyl halides is 3. The van der Waals surface area contributed by atoms with Crippen molar-refractivity contribution in [1.82, 2.24) is 14.5 Å². The number of aliphatic hydroxyl groups is 1. The van der Waals surface area contributed by atoms with E-state index in [2.05, 4.69) is 61.1 Å². The summed E-state index contributed by atoms with van der Waals surface area (Å²) in [4.78, 5) is 21.1. The van der Waals surface area contributed by atoms with Crippen molar-refractivity contribution in [1.29, 1.82) is 0 Å². The Kier molecular flexibility index (Phi) is 17.0. The molecule has 3 N–H and O–H groups in total. The van der Waals surface area contributed by atoms with E-state index in [1.54, 1.807) is 30.0 Å². The molecule has 0 saturated carbocycles. The Morgan fingerprint density at radius 3 is 2.16 bits per heavy atom. The maximum Gasteiger partial charge on any atom is 0.475 e. The number of rotatable bonds is 18. The number of nitrogens with one attached hydrogen (secondary N) is 2. The average Bonchev–Trinajstić information content (AvgIpc) is 3.30. The number of hydrogen-bond donors (Lipinski definition) is 3. The molecule has 2 aliphatic heterocycles. The van der Waals surface area contributed by atoms with Crippen molar-refractivity contribution >= 4 is 63.4 Å². The number of hydrogen-bond acceptors (Lipinski definition) is 9. The van der Waals surface area contributed by atoms with E-state index in [9.17, 15) is 27.3 Å². The van der Waals surface area contributed by atoms with Crippen LogP contribution in [0, 0.1) is 5.92 Å². The highest BCUT2D eigenvalue weighted by Crippen LogP contribution is 2.35. The van der Waals surface area contributed by atoms with Gasteiger partial charge in [0, 0.05) is 90.2 Å². The number of aliphatic hydroxyl groups excluding tert-OH is 1. The van der Waals surface area contributed by atoms with E-state index in [4.69, 9.17) is 11.6 Å². The van der Waals surface area contributed by atoms with E-state index in [1.165, 1.54) is 23.3 Å². The summed E-state index contributed by atoms with van der Waals surface area (Å²) >= 11 is 8.64. The maximum absolute atomic E-state index is 14.1. The number of β-amino-alcohol motifs (C(OH)–C–C–N with tert-alkyl or cyclic N) is 1. The molecule has 2 heterocycles. The van der Waals surface area contributed by atoms with Crippen LogP contribution in [0.1, 0.15) is 35.2 Å². The summed E-state index contributed by atoms with van der Waals surface area (Å²) in [7, 11) is -3.31. The second-order valence-corrected chi connectivity index (χ2v) is 19.8. The molecule has 0 aromatic heterocycles. The van der Waals surface area contributed by atoms with Crippen LogP contribution in [0.5, 0.6) is 0 Å². The third-order valence-electron chi connectivity index (χ3n) is 11.6. The third kappa shape index (κ3) is 13.5. The number of halogens is 4. The molecular weight excluding hydrogens is 883 g/mol. The summed E-state index contributed by atoms with van der Waals surface area (Å²) in [6.07, 6.45) is 3.74. The van der Waals surface area contributed by atoms with Gasteiger partial charge in [0.2, 0.25) is 0 Å². The molecule has 0 spiro atoms. The zero-order valence-corrected chi connectivity index (χ0v) is 38.1. The molecule has 334 valence electrons. The molecule has 5 aromatic carbocycles. The lowest BCUT2D eigenvalue weighted by Gasteiger charge is -2.35. The maximum atomic E-state index is 14.1. The minimum atomic E-state index is -4.98. The Labute approximate surface area is 384 Å². The fourth-order valence-corrected chi connectivity index (χ4v) is 10.8. The van der Waals surface area contributed by atoms with Crippen LogP contribution in [0.15, 0.2) is 136 Å². The second kappa shape index (κ2) is 22.7. The second-order valence-electron chi connectivity index (χ2n) is 15.9. The molecule has 0 bridgehead atoms. The van der Waals surface area contributed by atoms with Crippen LogP contribution < -0.4 is 14.9 Å². The van der Waals surface area contributed by atoms with Crippen molar-refractivity contribution in [3.8, 4) is 11.1 Å². The number of piperidine rings is 1. The first-order chi connectivity index (χ1) is 30.5. The van der Waals surface area contributed by atoms with Crippen molar-refractivity contribution in [2.75, 3.05) is 74.9 Å². The van der Waals surface area contributed by atoms with Gasteiger partial charge < -0.3 is 20.2 Å². The summed E-state index contributed by atoms with van der Waals surface area (Å²) in [5, 5.41) is 13.4. The highest BCUT2D eigenvalue weighted by molar-refractivity contribution is 7.99. The highest BCUT2D eigenvalue weighted by atomic mass is 35.5. The molecule has 2 saturated heterocycles. The van der Waals surface area contributed by atoms with Gasteiger partial charge in [0.05, 0.1) is 17.2 Å². The monoisotopic (exact) mass is 935 g/mol. The predicted molar refractivity (Wildman–Crippen MR) is 253 cm³/mol. The van der Waals surface area contributed by atoms with Crippen LogP contribution in [-0.2, 0) is 17.2 Å². The number of amides is 1. The van der Waals surface area contributed by atoms with E-state index in [-0.39, 0.29) is 29.1 Å². The van der Waals surface area contributed by atoms with Crippen molar-refractivity contribution in [2.24, 2.45) is 5.92 Å². The first-order valence-electron chi connectivity index (χ1n) is 21.3. The Morgan fingerprint density at radius 2 is 1.48 bits per heavy atom. The Hall–Kier alpha value is -4.02. The Morgan fingerprint density at radius 1 is 0.810 bits per heavy atom. The number of thioether (sulfide) groups is 1. The van der Waals surface area contributed by atoms with Crippen LogP contribution in [0.4, 0.5) is 24.5 Å². The summed E-state index contributed by atoms with van der Waals surface area (Å²) in [6, 6.07) is 37.9. The number of carbonyl (C=O) groups is 1. The van der Waals surface area contributed by atoms with E-state index >= 15 is 0 Å². The Balaban J connectivity index is 0.951. The lowest BCUT2D eigenvalue weighted by atomic mass is 9.87. The van der Waals surface area contributed by atoms with Gasteiger partial charge in [0.25, 0.3) is 5.91 Å². The number of piperazine rings is 1. The standard InChI is InChI=1S/C48H53ClF3N5O3S3/c49-39-14-10-36(11-15-39)44-9-5-4-6-38(44)32-35-20-24-57(25-21-35)41-16-12-37(13-17-41)47(59)54-62-43-18-19-45(46(33-43)63(60)48(50,51)52)53-40(34-61-42-7-2-1-3-8-42)22-23-55-26-28-56(29-27-55)30-31-58/h1-19,33,35,40,53,58H,20-32,34H2,(H,54,59). The minimum Gasteiger partial charge on any atom is -0.395 e. The molecule has 0 radical (unpaired) electrons. The van der Waals surface area contributed by atoms with Crippen molar-refractivity contribution in [3.63, 3.8) is 0 Å². The minimum absolute atomic E-state index is 0.118. The normalized spacial score (nSPS) is 16.4. The fraction of sp³-hybridized carbons (Fsp3) is 0.354. The number of carbonyl (C=O) groups excluding carboxylic acids is 1. The van der Waals surface area contributed by atoms with Crippen molar-refractivity contribution < 1.29 is 27.3 Å². The van der Waals surface area contributed by atoms with Gasteiger partial charge in [-0.25, -0.2) is 4.21 Å². The molecule has 7 rings (SSSR count). The SMILES string of the molecule is O=C(NSc1ccc(NC(CCN2CCN(CCO)CC2)CSc2ccccc2)c(S(=O)C(F)(F)F)c1)c1ccc(N2CCC(Cc3ccccc3-c3ccc(Cl)cc3)CC2)cc1. The number of anilines is 2. The topological polar surface area (TPSA) is 88.1 Å². The molecule has 2 aliphatic rings. The summed E-state index contributed by atoms with van der Waals surface area (Å²) < 4.78 is 58.0. The zero-order valence-electron chi connectivity index (χ0n) is 34.9. The molecule has 15 heteroatoms. The molecule has 2 atom stereocenters. The molecular formula is C48H53ClF3N5O3S3. The fourth-order valence-electron chi connectivity index (χ4n) is 8.11. The van der Waals surface area contributed by atoms with Crippen molar-refractivity contribution in [2.45, 2.75) is 51.9 Å². The molecule has 0 aliphatic carbocycles. The first-order valence-corrected chi connectivity index (χ1v) is 24.6. The van der Waals surface area contributed by atoms with Crippen LogP contribution in [0.3, 0.4) is 0 Å². The summed E-state index contributed by atoms with van der Waals surface area (Å²) in [5.41, 5.74) is 0.350. The van der Waals surface area contributed by atoms with Gasteiger partial charge in [-0.3, -0.25) is 14.4 Å². The molecule has 2 fully saturated rings. The third-order valence-corrected chi connectivity index (χ3v) is 15.0. The van der Waals surface area contributed by atoms with Crippen LogP contribution in [0.25, 0.3) is 11.1 Å². The van der Waals surface area contributed by atoms with E-state index < -0.39 is 16.3 Å². The average molecular weight is 937 g/mol. The van der Waals surface area contributed by atoms with Gasteiger partial charge >= 0.3 is 5.51 Å². The van der Waals surface area contributed by atoms with Gasteiger partial charge in [-0.15, -0.1) is 11.8 Å². The zero-order chi connectivity index (χ0) is 44.2. The Bertz CT molecular complexity index is 2260. The van der Waals surface area contributed by atoms with Crippen LogP contribution in [-0.4, -0.2) is 101 Å². The molecule has 63 heavy (non-hydrogen) atoms. The number of benzene rings is 5. The molecule has 2 unspecified atom stereocenters. The predicted octanol–water partition coefficient (Wildman–Crippen LogP) is 10.1. The van der Waals surface area contributed by atoms with E-state index in [0.29, 0.717) is 35.1 Å². The summed E-state index contributed by atoms with van der Waals surface area (Å²) in [6.45, 7) is 6.66. The smallest absolute Gasteiger partial charge is 0.395 e. The van der Waals surface area contributed by atoms with Gasteiger partial charge in [0.15, 0.2) is 10.8 Å². The van der Waals surface area contributed by atoms with E-state index in [0.717, 1.165) is 98.2 Å². The summed E-state index contributed by atoms with van der Waals surface area (Å²) in [5.74, 6) is 0.739. The first kappa shape index (κ1) is 47.0.